The first kappa shape index (κ1) is 8.51. The molecule has 3 heteroatoms. The second-order valence-corrected chi connectivity index (χ2v) is 3.47. The van der Waals surface area contributed by atoms with Gasteiger partial charge in [0.1, 0.15) is 5.82 Å². The van der Waals surface area contributed by atoms with Crippen LogP contribution in [0.3, 0.4) is 0 Å². The summed E-state index contributed by atoms with van der Waals surface area (Å²) in [5, 5.41) is 3.31. The Bertz CT molecular complexity index is 286. The summed E-state index contributed by atoms with van der Waals surface area (Å²) in [4.78, 5) is 0. The van der Waals surface area contributed by atoms with Gasteiger partial charge in [-0.05, 0) is 43.1 Å². The molecule has 70 valence electrons. The molecule has 1 aliphatic rings. The fraction of sp³-hybridized carbons (Fsp3) is 0.400. The van der Waals surface area contributed by atoms with Crippen LogP contribution in [0.15, 0.2) is 18.2 Å². The highest BCUT2D eigenvalue weighted by atomic mass is 19.1. The Labute approximate surface area is 76.9 Å². The van der Waals surface area contributed by atoms with E-state index in [1.165, 1.54) is 6.07 Å². The van der Waals surface area contributed by atoms with E-state index in [1.54, 1.807) is 6.07 Å². The van der Waals surface area contributed by atoms with Crippen LogP contribution in [0.5, 0.6) is 0 Å². The standard InChI is InChI=1S/C10H13FN2/c11-8-4-7(5-9(12)6-8)10-2-1-3-13-10/h4-6,10,13H,1-3,12H2/t10-/m1/s1. The Morgan fingerprint density at radius 2 is 2.23 bits per heavy atom. The maximum atomic E-state index is 13.0. The summed E-state index contributed by atoms with van der Waals surface area (Å²) < 4.78 is 13.0. The minimum atomic E-state index is -0.247. The topological polar surface area (TPSA) is 38.0 Å². The van der Waals surface area contributed by atoms with E-state index in [2.05, 4.69) is 5.32 Å². The van der Waals surface area contributed by atoms with Crippen LogP contribution in [-0.2, 0) is 0 Å². The SMILES string of the molecule is Nc1cc(F)cc([C@H]2CCCN2)c1. The molecular formula is C10H13FN2. The van der Waals surface area contributed by atoms with E-state index >= 15 is 0 Å². The van der Waals surface area contributed by atoms with Gasteiger partial charge in [0.2, 0.25) is 0 Å². The Hall–Kier alpha value is -1.09. The zero-order valence-corrected chi connectivity index (χ0v) is 7.39. The number of rotatable bonds is 1. The van der Waals surface area contributed by atoms with Gasteiger partial charge in [-0.2, -0.15) is 0 Å². The van der Waals surface area contributed by atoms with Gasteiger partial charge in [0, 0.05) is 11.7 Å². The molecule has 1 aromatic rings. The zero-order chi connectivity index (χ0) is 9.26. The van der Waals surface area contributed by atoms with Crippen molar-refractivity contribution in [2.45, 2.75) is 18.9 Å². The molecule has 1 aliphatic heterocycles. The highest BCUT2D eigenvalue weighted by Gasteiger charge is 2.16. The Morgan fingerprint density at radius 3 is 2.85 bits per heavy atom. The molecule has 0 amide bonds. The van der Waals surface area contributed by atoms with Gasteiger partial charge in [0.25, 0.3) is 0 Å². The van der Waals surface area contributed by atoms with Gasteiger partial charge in [0.05, 0.1) is 0 Å². The first-order valence-electron chi connectivity index (χ1n) is 4.55. The number of halogens is 1. The third-order valence-corrected chi connectivity index (χ3v) is 2.41. The molecule has 2 rings (SSSR count). The first-order chi connectivity index (χ1) is 6.25. The number of nitrogen functional groups attached to an aromatic ring is 1. The Kier molecular flexibility index (Phi) is 2.19. The summed E-state index contributed by atoms with van der Waals surface area (Å²) in [7, 11) is 0. The average molecular weight is 180 g/mol. The number of anilines is 1. The van der Waals surface area contributed by atoms with Crippen molar-refractivity contribution in [2.75, 3.05) is 12.3 Å². The van der Waals surface area contributed by atoms with E-state index in [0.717, 1.165) is 24.9 Å². The van der Waals surface area contributed by atoms with Crippen molar-refractivity contribution in [2.24, 2.45) is 0 Å². The van der Waals surface area contributed by atoms with Crippen LogP contribution in [-0.4, -0.2) is 6.54 Å². The monoisotopic (exact) mass is 180 g/mol. The Balaban J connectivity index is 2.28. The van der Waals surface area contributed by atoms with Gasteiger partial charge in [-0.15, -0.1) is 0 Å². The van der Waals surface area contributed by atoms with Crippen LogP contribution in [0.1, 0.15) is 24.4 Å². The molecule has 1 saturated heterocycles. The summed E-state index contributed by atoms with van der Waals surface area (Å²) in [5.74, 6) is -0.247. The van der Waals surface area contributed by atoms with Gasteiger partial charge in [-0.1, -0.05) is 0 Å². The van der Waals surface area contributed by atoms with E-state index in [4.69, 9.17) is 5.73 Å². The average Bonchev–Trinajstić information content (AvgIpc) is 2.53. The molecule has 3 N–H and O–H groups in total. The highest BCUT2D eigenvalue weighted by Crippen LogP contribution is 2.25. The first-order valence-corrected chi connectivity index (χ1v) is 4.55. The van der Waals surface area contributed by atoms with Crippen molar-refractivity contribution in [3.05, 3.63) is 29.6 Å². The van der Waals surface area contributed by atoms with Crippen molar-refractivity contribution in [1.82, 2.24) is 5.32 Å². The van der Waals surface area contributed by atoms with Crippen LogP contribution >= 0.6 is 0 Å². The molecule has 1 aromatic carbocycles. The van der Waals surface area contributed by atoms with Crippen LogP contribution in [0, 0.1) is 5.82 Å². The number of nitrogens with two attached hydrogens (primary N) is 1. The van der Waals surface area contributed by atoms with Crippen LogP contribution in [0.2, 0.25) is 0 Å². The summed E-state index contributed by atoms with van der Waals surface area (Å²) >= 11 is 0. The summed E-state index contributed by atoms with van der Waals surface area (Å²) in [6.45, 7) is 1.01. The smallest absolute Gasteiger partial charge is 0.125 e. The maximum absolute atomic E-state index is 13.0. The molecule has 1 heterocycles. The molecule has 0 radical (unpaired) electrons. The molecule has 0 saturated carbocycles. The summed E-state index contributed by atoms with van der Waals surface area (Å²) in [6.07, 6.45) is 2.23. The van der Waals surface area contributed by atoms with Gasteiger partial charge in [-0.25, -0.2) is 4.39 Å². The quantitative estimate of drug-likeness (QED) is 0.647. The zero-order valence-electron chi connectivity index (χ0n) is 7.39. The lowest BCUT2D eigenvalue weighted by atomic mass is 10.0. The third kappa shape index (κ3) is 1.80. The second kappa shape index (κ2) is 3.34. The lowest BCUT2D eigenvalue weighted by Crippen LogP contribution is -2.13. The van der Waals surface area contributed by atoms with Crippen molar-refractivity contribution in [1.29, 1.82) is 0 Å². The van der Waals surface area contributed by atoms with Gasteiger partial charge in [0.15, 0.2) is 0 Å². The fourth-order valence-corrected chi connectivity index (χ4v) is 1.81. The molecule has 1 fully saturated rings. The third-order valence-electron chi connectivity index (χ3n) is 2.41. The molecule has 13 heavy (non-hydrogen) atoms. The van der Waals surface area contributed by atoms with Crippen LogP contribution in [0.4, 0.5) is 10.1 Å². The number of hydrogen-bond donors (Lipinski definition) is 2. The number of nitrogens with one attached hydrogen (secondary N) is 1. The van der Waals surface area contributed by atoms with E-state index in [1.807, 2.05) is 6.07 Å². The van der Waals surface area contributed by atoms with E-state index in [-0.39, 0.29) is 11.9 Å². The molecule has 1 atom stereocenters. The van der Waals surface area contributed by atoms with E-state index in [0.29, 0.717) is 5.69 Å². The minimum absolute atomic E-state index is 0.247. The molecule has 0 spiro atoms. The van der Waals surface area contributed by atoms with Crippen LogP contribution in [0.25, 0.3) is 0 Å². The lowest BCUT2D eigenvalue weighted by molar-refractivity contribution is 0.607. The molecule has 0 bridgehead atoms. The minimum Gasteiger partial charge on any atom is -0.399 e. The van der Waals surface area contributed by atoms with Crippen molar-refractivity contribution < 1.29 is 4.39 Å². The number of benzene rings is 1. The lowest BCUT2D eigenvalue weighted by Gasteiger charge is -2.11. The summed E-state index contributed by atoms with van der Waals surface area (Å²) in [6, 6.07) is 5.03. The maximum Gasteiger partial charge on any atom is 0.125 e. The summed E-state index contributed by atoms with van der Waals surface area (Å²) in [5.41, 5.74) is 7.03. The molecule has 0 unspecified atom stereocenters. The van der Waals surface area contributed by atoms with E-state index in [9.17, 15) is 4.39 Å². The van der Waals surface area contributed by atoms with Gasteiger partial charge in [-0.3, -0.25) is 0 Å². The highest BCUT2D eigenvalue weighted by molar-refractivity contribution is 5.42. The molecular weight excluding hydrogens is 167 g/mol. The molecule has 0 aromatic heterocycles. The predicted octanol–water partition coefficient (Wildman–Crippen LogP) is 1.83. The van der Waals surface area contributed by atoms with Gasteiger partial charge < -0.3 is 11.1 Å². The number of hydrogen-bond acceptors (Lipinski definition) is 2. The van der Waals surface area contributed by atoms with E-state index < -0.39 is 0 Å². The van der Waals surface area contributed by atoms with Crippen molar-refractivity contribution in [3.63, 3.8) is 0 Å². The second-order valence-electron chi connectivity index (χ2n) is 3.47. The van der Waals surface area contributed by atoms with Gasteiger partial charge >= 0.3 is 0 Å². The molecule has 2 nitrogen and oxygen atoms in total. The van der Waals surface area contributed by atoms with Crippen LogP contribution < -0.4 is 11.1 Å². The molecule has 0 aliphatic carbocycles. The Morgan fingerprint density at radius 1 is 1.38 bits per heavy atom. The van der Waals surface area contributed by atoms with Crippen molar-refractivity contribution >= 4 is 5.69 Å². The normalized spacial score (nSPS) is 22.1. The largest absolute Gasteiger partial charge is 0.399 e. The predicted molar refractivity (Wildman–Crippen MR) is 50.8 cm³/mol. The van der Waals surface area contributed by atoms with Crippen molar-refractivity contribution in [3.8, 4) is 0 Å². The fourth-order valence-electron chi connectivity index (χ4n) is 1.81.